The van der Waals surface area contributed by atoms with Crippen LogP contribution in [0.1, 0.15) is 58.0 Å². The third kappa shape index (κ3) is 3.98. The van der Waals surface area contributed by atoms with Crippen LogP contribution in [0.25, 0.3) is 0 Å². The maximum absolute atomic E-state index is 13.1. The maximum Gasteiger partial charge on any atom is 0.293 e. The highest BCUT2D eigenvalue weighted by Gasteiger charge is 2.31. The van der Waals surface area contributed by atoms with Crippen molar-refractivity contribution in [2.75, 3.05) is 18.4 Å². The SMILES string of the molecule is Cn1cc(C(N)=O)c([C@H]2CCCN(C(=O)c3ccc(NC4CC4)c([N+](=O)[O-])c3)C2)n1. The van der Waals surface area contributed by atoms with Gasteiger partial charge in [0.1, 0.15) is 5.69 Å². The van der Waals surface area contributed by atoms with Crippen molar-refractivity contribution < 1.29 is 14.5 Å². The number of nitrogens with one attached hydrogen (secondary N) is 1. The van der Waals surface area contributed by atoms with Crippen LogP contribution in [0, 0.1) is 10.1 Å². The van der Waals surface area contributed by atoms with Gasteiger partial charge in [0.2, 0.25) is 0 Å². The number of rotatable bonds is 6. The molecule has 1 saturated heterocycles. The lowest BCUT2D eigenvalue weighted by Crippen LogP contribution is -2.39. The molecule has 2 aromatic rings. The predicted molar refractivity (Wildman–Crippen MR) is 109 cm³/mol. The molecule has 158 valence electrons. The molecule has 2 fully saturated rings. The van der Waals surface area contributed by atoms with E-state index in [0.29, 0.717) is 30.0 Å². The van der Waals surface area contributed by atoms with Gasteiger partial charge in [-0.3, -0.25) is 24.4 Å². The molecular formula is C20H24N6O4. The molecule has 0 spiro atoms. The molecule has 3 N–H and O–H groups in total. The van der Waals surface area contributed by atoms with Gasteiger partial charge in [-0.2, -0.15) is 5.10 Å². The van der Waals surface area contributed by atoms with E-state index in [-0.39, 0.29) is 29.1 Å². The molecule has 30 heavy (non-hydrogen) atoms. The van der Waals surface area contributed by atoms with Gasteiger partial charge in [-0.25, -0.2) is 0 Å². The molecule has 4 rings (SSSR count). The smallest absolute Gasteiger partial charge is 0.293 e. The first-order chi connectivity index (χ1) is 14.3. The topological polar surface area (TPSA) is 136 Å². The van der Waals surface area contributed by atoms with Crippen molar-refractivity contribution in [2.45, 2.75) is 37.6 Å². The van der Waals surface area contributed by atoms with Gasteiger partial charge in [-0.1, -0.05) is 0 Å². The fourth-order valence-corrected chi connectivity index (χ4v) is 3.95. The molecule has 10 heteroatoms. The minimum Gasteiger partial charge on any atom is -0.377 e. The molecule has 1 aromatic heterocycles. The zero-order chi connectivity index (χ0) is 21.4. The monoisotopic (exact) mass is 412 g/mol. The van der Waals surface area contributed by atoms with Crippen LogP contribution in [0.4, 0.5) is 11.4 Å². The fraction of sp³-hybridized carbons (Fsp3) is 0.450. The Morgan fingerprint density at radius 2 is 2.07 bits per heavy atom. The third-order valence-electron chi connectivity index (χ3n) is 5.60. The summed E-state index contributed by atoms with van der Waals surface area (Å²) < 4.78 is 1.55. The van der Waals surface area contributed by atoms with E-state index in [0.717, 1.165) is 25.7 Å². The first-order valence-electron chi connectivity index (χ1n) is 10.0. The summed E-state index contributed by atoms with van der Waals surface area (Å²) in [5.74, 6) is -0.926. The van der Waals surface area contributed by atoms with E-state index < -0.39 is 10.8 Å². The van der Waals surface area contributed by atoms with Crippen LogP contribution in [-0.2, 0) is 7.05 Å². The Labute approximate surface area is 173 Å². The van der Waals surface area contributed by atoms with Crippen molar-refractivity contribution in [3.8, 4) is 0 Å². The van der Waals surface area contributed by atoms with E-state index in [1.165, 1.54) is 6.07 Å². The number of primary amides is 1. The lowest BCUT2D eigenvalue weighted by Gasteiger charge is -2.32. The largest absolute Gasteiger partial charge is 0.377 e. The summed E-state index contributed by atoms with van der Waals surface area (Å²) in [4.78, 5) is 37.5. The molecule has 2 amide bonds. The number of carbonyl (C=O) groups excluding carboxylic acids is 2. The lowest BCUT2D eigenvalue weighted by atomic mass is 9.92. The number of piperidine rings is 1. The summed E-state index contributed by atoms with van der Waals surface area (Å²) >= 11 is 0. The lowest BCUT2D eigenvalue weighted by molar-refractivity contribution is -0.384. The van der Waals surface area contributed by atoms with Gasteiger partial charge < -0.3 is 16.0 Å². The standard InChI is InChI=1S/C20H24N6O4/c1-24-11-15(19(21)27)18(23-24)13-3-2-8-25(10-13)20(28)12-4-7-16(22-14-5-6-14)17(9-12)26(29)30/h4,7,9,11,13-14,22H,2-3,5-6,8,10H2,1H3,(H2,21,27)/t13-/m0/s1. The highest BCUT2D eigenvalue weighted by Crippen LogP contribution is 2.33. The molecule has 1 aliphatic heterocycles. The Morgan fingerprint density at radius 1 is 1.30 bits per heavy atom. The van der Waals surface area contributed by atoms with Gasteiger partial charge in [0.15, 0.2) is 0 Å². The van der Waals surface area contributed by atoms with Crippen LogP contribution in [0.5, 0.6) is 0 Å². The highest BCUT2D eigenvalue weighted by atomic mass is 16.6. The number of nitro benzene ring substituents is 1. The van der Waals surface area contributed by atoms with Crippen molar-refractivity contribution in [3.05, 3.63) is 51.3 Å². The van der Waals surface area contributed by atoms with Gasteiger partial charge in [-0.05, 0) is 37.8 Å². The van der Waals surface area contributed by atoms with Gasteiger partial charge in [0.05, 0.1) is 16.2 Å². The number of hydrogen-bond donors (Lipinski definition) is 2. The summed E-state index contributed by atoms with van der Waals surface area (Å²) in [7, 11) is 1.72. The summed E-state index contributed by atoms with van der Waals surface area (Å²) in [6, 6.07) is 4.84. The number of hydrogen-bond acceptors (Lipinski definition) is 6. The number of aryl methyl sites for hydroxylation is 1. The minimum atomic E-state index is -0.545. The zero-order valence-electron chi connectivity index (χ0n) is 16.7. The third-order valence-corrected chi connectivity index (χ3v) is 5.60. The number of amides is 2. The summed E-state index contributed by atoms with van der Waals surface area (Å²) in [6.07, 6.45) is 5.11. The molecule has 1 aromatic carbocycles. The number of likely N-dealkylation sites (tertiary alicyclic amines) is 1. The average Bonchev–Trinajstić information content (AvgIpc) is 3.45. The van der Waals surface area contributed by atoms with Crippen molar-refractivity contribution >= 4 is 23.2 Å². The Kier molecular flexibility index (Phi) is 5.15. The number of nitro groups is 1. The second-order valence-corrected chi connectivity index (χ2v) is 7.96. The van der Waals surface area contributed by atoms with E-state index in [2.05, 4.69) is 10.4 Å². The van der Waals surface area contributed by atoms with Crippen molar-refractivity contribution in [1.29, 1.82) is 0 Å². The molecule has 1 aliphatic carbocycles. The number of anilines is 1. The van der Waals surface area contributed by atoms with E-state index in [1.807, 2.05) is 0 Å². The maximum atomic E-state index is 13.1. The number of benzene rings is 1. The highest BCUT2D eigenvalue weighted by molar-refractivity contribution is 5.96. The molecule has 0 radical (unpaired) electrons. The second-order valence-electron chi connectivity index (χ2n) is 7.96. The van der Waals surface area contributed by atoms with Gasteiger partial charge in [0, 0.05) is 49.9 Å². The summed E-state index contributed by atoms with van der Waals surface area (Å²) in [5.41, 5.74) is 7.06. The van der Waals surface area contributed by atoms with E-state index in [9.17, 15) is 19.7 Å². The first-order valence-corrected chi connectivity index (χ1v) is 10.0. The van der Waals surface area contributed by atoms with Crippen molar-refractivity contribution in [3.63, 3.8) is 0 Å². The molecule has 0 unspecified atom stereocenters. The number of nitrogens with two attached hydrogens (primary N) is 1. The van der Waals surface area contributed by atoms with Crippen molar-refractivity contribution in [1.82, 2.24) is 14.7 Å². The molecule has 2 aliphatic rings. The van der Waals surface area contributed by atoms with Crippen LogP contribution in [0.3, 0.4) is 0 Å². The number of nitrogens with zero attached hydrogens (tertiary/aromatic N) is 4. The van der Waals surface area contributed by atoms with Gasteiger partial charge in [0.25, 0.3) is 17.5 Å². The van der Waals surface area contributed by atoms with Crippen molar-refractivity contribution in [2.24, 2.45) is 12.8 Å². The minimum absolute atomic E-state index is 0.0953. The van der Waals surface area contributed by atoms with Crippen LogP contribution in [0.15, 0.2) is 24.4 Å². The van der Waals surface area contributed by atoms with Crippen LogP contribution in [0.2, 0.25) is 0 Å². The Morgan fingerprint density at radius 3 is 2.73 bits per heavy atom. The normalized spacial score (nSPS) is 18.8. The summed E-state index contributed by atoms with van der Waals surface area (Å²) in [6.45, 7) is 0.927. The summed E-state index contributed by atoms with van der Waals surface area (Å²) in [5, 5.41) is 19.0. The molecule has 1 atom stereocenters. The molecule has 1 saturated carbocycles. The first kappa shape index (κ1) is 19.9. The zero-order valence-corrected chi connectivity index (χ0v) is 16.7. The van der Waals surface area contributed by atoms with E-state index in [1.54, 1.807) is 35.0 Å². The quantitative estimate of drug-likeness (QED) is 0.550. The van der Waals surface area contributed by atoms with Crippen LogP contribution >= 0.6 is 0 Å². The Bertz CT molecular complexity index is 1010. The van der Waals surface area contributed by atoms with Gasteiger partial charge >= 0.3 is 0 Å². The predicted octanol–water partition coefficient (Wildman–Crippen LogP) is 2.02. The van der Waals surface area contributed by atoms with E-state index >= 15 is 0 Å². The number of carbonyl (C=O) groups is 2. The molecule has 2 heterocycles. The van der Waals surface area contributed by atoms with Crippen LogP contribution in [-0.4, -0.2) is 50.5 Å². The molecule has 0 bridgehead atoms. The van der Waals surface area contributed by atoms with Gasteiger partial charge in [-0.15, -0.1) is 0 Å². The molecule has 10 nitrogen and oxygen atoms in total. The second kappa shape index (κ2) is 7.77. The Hall–Kier alpha value is -3.43. The van der Waals surface area contributed by atoms with Crippen LogP contribution < -0.4 is 11.1 Å². The number of aromatic nitrogens is 2. The molecular weight excluding hydrogens is 388 g/mol. The van der Waals surface area contributed by atoms with E-state index in [4.69, 9.17) is 5.73 Å². The average molecular weight is 412 g/mol. The Balaban J connectivity index is 1.55. The fourth-order valence-electron chi connectivity index (χ4n) is 3.95.